The number of rotatable bonds is 8. The molecule has 1 fully saturated rings. The van der Waals surface area contributed by atoms with E-state index in [1.165, 1.54) is 15.2 Å². The molecule has 0 unspecified atom stereocenters. The molecule has 10 nitrogen and oxygen atoms in total. The van der Waals surface area contributed by atoms with Crippen molar-refractivity contribution >= 4 is 27.0 Å². The summed E-state index contributed by atoms with van der Waals surface area (Å²) in [5.74, 6) is 0.0419. The second-order valence-electron chi connectivity index (χ2n) is 7.10. The maximum atomic E-state index is 12.8. The van der Waals surface area contributed by atoms with Crippen molar-refractivity contribution in [2.75, 3.05) is 45.0 Å². The molecule has 30 heavy (non-hydrogen) atoms. The van der Waals surface area contributed by atoms with E-state index < -0.39 is 15.9 Å². The zero-order valence-corrected chi connectivity index (χ0v) is 18.1. The summed E-state index contributed by atoms with van der Waals surface area (Å²) in [7, 11) is -3.16. The zero-order valence-electron chi connectivity index (χ0n) is 17.3. The SMILES string of the molecule is C=CCn1cnc2oc(C)c(C(=O)NCCN3CCN(S(=O)(=O)CC)CC3)c2c1=O. The highest BCUT2D eigenvalue weighted by Gasteiger charge is 2.26. The van der Waals surface area contributed by atoms with Crippen LogP contribution >= 0.6 is 0 Å². The number of amides is 1. The molecule has 1 aliphatic heterocycles. The predicted octanol–water partition coefficient (Wildman–Crippen LogP) is 0.181. The van der Waals surface area contributed by atoms with Crippen molar-refractivity contribution in [2.45, 2.75) is 20.4 Å². The highest BCUT2D eigenvalue weighted by Crippen LogP contribution is 2.20. The average Bonchev–Trinajstić information content (AvgIpc) is 3.07. The Hall–Kier alpha value is -2.50. The minimum absolute atomic E-state index is 0.102. The molecule has 1 N–H and O–H groups in total. The fourth-order valence-electron chi connectivity index (χ4n) is 3.51. The molecular formula is C19H27N5O5S. The lowest BCUT2D eigenvalue weighted by atomic mass is 10.2. The molecule has 164 valence electrons. The Morgan fingerprint density at radius 2 is 2.03 bits per heavy atom. The molecule has 2 aromatic heterocycles. The quantitative estimate of drug-likeness (QED) is 0.586. The molecule has 3 rings (SSSR count). The first kappa shape index (κ1) is 22.2. The monoisotopic (exact) mass is 437 g/mol. The molecule has 0 aromatic carbocycles. The first-order valence-corrected chi connectivity index (χ1v) is 11.5. The van der Waals surface area contributed by atoms with Gasteiger partial charge < -0.3 is 9.73 Å². The van der Waals surface area contributed by atoms with E-state index in [0.29, 0.717) is 45.0 Å². The van der Waals surface area contributed by atoms with Gasteiger partial charge in [0.15, 0.2) is 0 Å². The minimum atomic E-state index is -3.16. The second-order valence-corrected chi connectivity index (χ2v) is 9.36. The van der Waals surface area contributed by atoms with Crippen LogP contribution in [-0.2, 0) is 16.6 Å². The van der Waals surface area contributed by atoms with E-state index in [1.54, 1.807) is 19.9 Å². The van der Waals surface area contributed by atoms with E-state index in [0.717, 1.165) is 0 Å². The van der Waals surface area contributed by atoms with Gasteiger partial charge in [0.05, 0.1) is 11.3 Å². The summed E-state index contributed by atoms with van der Waals surface area (Å²) in [4.78, 5) is 31.7. The smallest absolute Gasteiger partial charge is 0.265 e. The molecule has 1 amide bonds. The van der Waals surface area contributed by atoms with Crippen molar-refractivity contribution in [1.29, 1.82) is 0 Å². The van der Waals surface area contributed by atoms with E-state index in [9.17, 15) is 18.0 Å². The number of carbonyl (C=O) groups is 1. The lowest BCUT2D eigenvalue weighted by molar-refractivity contribution is 0.0945. The van der Waals surface area contributed by atoms with Gasteiger partial charge in [-0.2, -0.15) is 4.31 Å². The van der Waals surface area contributed by atoms with Crippen molar-refractivity contribution in [2.24, 2.45) is 0 Å². The summed E-state index contributed by atoms with van der Waals surface area (Å²) in [6, 6.07) is 0. The summed E-state index contributed by atoms with van der Waals surface area (Å²) in [6.07, 6.45) is 2.95. The van der Waals surface area contributed by atoms with Crippen molar-refractivity contribution in [3.05, 3.63) is 40.7 Å². The molecule has 0 atom stereocenters. The van der Waals surface area contributed by atoms with Crippen LogP contribution in [0.15, 0.2) is 28.2 Å². The molecular weight excluding hydrogens is 410 g/mol. The fraction of sp³-hybridized carbons (Fsp3) is 0.526. The summed E-state index contributed by atoms with van der Waals surface area (Å²) >= 11 is 0. The number of allylic oxidation sites excluding steroid dienone is 1. The van der Waals surface area contributed by atoms with E-state index in [1.807, 2.05) is 0 Å². The van der Waals surface area contributed by atoms with Crippen LogP contribution in [0.2, 0.25) is 0 Å². The Kier molecular flexibility index (Phi) is 6.74. The molecule has 2 aromatic rings. The first-order chi connectivity index (χ1) is 14.3. The Morgan fingerprint density at radius 1 is 1.33 bits per heavy atom. The first-order valence-electron chi connectivity index (χ1n) is 9.86. The summed E-state index contributed by atoms with van der Waals surface area (Å²) in [6.45, 7) is 10.2. The molecule has 0 spiro atoms. The molecule has 0 bridgehead atoms. The van der Waals surface area contributed by atoms with Crippen LogP contribution < -0.4 is 10.9 Å². The maximum absolute atomic E-state index is 12.8. The van der Waals surface area contributed by atoms with Gasteiger partial charge in [-0.3, -0.25) is 19.1 Å². The number of fused-ring (bicyclic) bond motifs is 1. The lowest BCUT2D eigenvalue weighted by Gasteiger charge is -2.33. The number of hydrogen-bond donors (Lipinski definition) is 1. The number of aromatic nitrogens is 2. The number of hydrogen-bond acceptors (Lipinski definition) is 7. The van der Waals surface area contributed by atoms with E-state index in [2.05, 4.69) is 21.8 Å². The van der Waals surface area contributed by atoms with Crippen LogP contribution in [0.1, 0.15) is 23.0 Å². The van der Waals surface area contributed by atoms with Crippen LogP contribution in [0.4, 0.5) is 0 Å². The number of nitrogens with one attached hydrogen (secondary N) is 1. The van der Waals surface area contributed by atoms with Gasteiger partial charge in [-0.05, 0) is 13.8 Å². The van der Waals surface area contributed by atoms with Gasteiger partial charge in [0, 0.05) is 45.8 Å². The highest BCUT2D eigenvalue weighted by molar-refractivity contribution is 7.89. The number of piperazine rings is 1. The predicted molar refractivity (Wildman–Crippen MR) is 113 cm³/mol. The van der Waals surface area contributed by atoms with Gasteiger partial charge in [0.25, 0.3) is 11.5 Å². The topological polar surface area (TPSA) is 118 Å². The van der Waals surface area contributed by atoms with Gasteiger partial charge in [0.1, 0.15) is 17.5 Å². The van der Waals surface area contributed by atoms with Crippen LogP contribution in [0.5, 0.6) is 0 Å². The Bertz CT molecular complexity index is 1100. The summed E-state index contributed by atoms with van der Waals surface area (Å²) in [5.41, 5.74) is -0.0221. The van der Waals surface area contributed by atoms with E-state index >= 15 is 0 Å². The lowest BCUT2D eigenvalue weighted by Crippen LogP contribution is -2.50. The Labute approximate surface area is 175 Å². The largest absolute Gasteiger partial charge is 0.442 e. The standard InChI is InChI=1S/C19H27N5O5S/c1-4-7-23-13-21-18-16(19(23)26)15(14(3)29-18)17(25)20-6-8-22-9-11-24(12-10-22)30(27,28)5-2/h4,13H,1,5-12H2,2-3H3,(H,20,25). The third-order valence-electron chi connectivity index (χ3n) is 5.21. The Balaban J connectivity index is 1.63. The van der Waals surface area contributed by atoms with Gasteiger partial charge in [-0.1, -0.05) is 6.08 Å². The molecule has 1 saturated heterocycles. The van der Waals surface area contributed by atoms with E-state index in [-0.39, 0.29) is 34.5 Å². The molecule has 0 saturated carbocycles. The number of sulfonamides is 1. The van der Waals surface area contributed by atoms with Gasteiger partial charge >= 0.3 is 0 Å². The number of aryl methyl sites for hydroxylation is 1. The number of nitrogens with zero attached hydrogens (tertiary/aromatic N) is 4. The van der Waals surface area contributed by atoms with Gasteiger partial charge in [-0.25, -0.2) is 13.4 Å². The highest BCUT2D eigenvalue weighted by atomic mass is 32.2. The molecule has 3 heterocycles. The molecule has 1 aliphatic rings. The van der Waals surface area contributed by atoms with Crippen molar-refractivity contribution < 1.29 is 17.6 Å². The van der Waals surface area contributed by atoms with Crippen LogP contribution in [0.3, 0.4) is 0 Å². The fourth-order valence-corrected chi connectivity index (χ4v) is 4.59. The molecule has 11 heteroatoms. The van der Waals surface area contributed by atoms with Gasteiger partial charge in [-0.15, -0.1) is 6.58 Å². The normalized spacial score (nSPS) is 16.1. The van der Waals surface area contributed by atoms with Crippen LogP contribution in [-0.4, -0.2) is 78.1 Å². The van der Waals surface area contributed by atoms with Gasteiger partial charge in [0.2, 0.25) is 15.7 Å². The summed E-state index contributed by atoms with van der Waals surface area (Å²) in [5, 5.41) is 2.99. The van der Waals surface area contributed by atoms with Crippen molar-refractivity contribution in [3.63, 3.8) is 0 Å². The number of furan rings is 1. The Morgan fingerprint density at radius 3 is 2.67 bits per heavy atom. The number of carbonyl (C=O) groups excluding carboxylic acids is 1. The third kappa shape index (κ3) is 4.47. The maximum Gasteiger partial charge on any atom is 0.265 e. The van der Waals surface area contributed by atoms with Crippen LogP contribution in [0, 0.1) is 6.92 Å². The second kappa shape index (κ2) is 9.11. The molecule has 0 aliphatic carbocycles. The summed E-state index contributed by atoms with van der Waals surface area (Å²) < 4.78 is 32.2. The molecule has 0 radical (unpaired) electrons. The third-order valence-corrected chi connectivity index (χ3v) is 7.09. The zero-order chi connectivity index (χ0) is 21.9. The van der Waals surface area contributed by atoms with Crippen LogP contribution in [0.25, 0.3) is 11.1 Å². The average molecular weight is 438 g/mol. The minimum Gasteiger partial charge on any atom is -0.442 e. The van der Waals surface area contributed by atoms with E-state index in [4.69, 9.17) is 4.42 Å². The van der Waals surface area contributed by atoms with Crippen molar-refractivity contribution in [1.82, 2.24) is 24.1 Å². The van der Waals surface area contributed by atoms with Crippen molar-refractivity contribution in [3.8, 4) is 0 Å².